The van der Waals surface area contributed by atoms with Crippen molar-refractivity contribution in [2.75, 3.05) is 0 Å². The van der Waals surface area contributed by atoms with Crippen LogP contribution in [0.1, 0.15) is 36.0 Å². The molecule has 2 unspecified atom stereocenters. The Hall–Kier alpha value is -1.88. The molecule has 0 radical (unpaired) electrons. The Labute approximate surface area is 170 Å². The molecule has 2 saturated heterocycles. The number of benzene rings is 2. The van der Waals surface area contributed by atoms with E-state index in [0.29, 0.717) is 17.6 Å². The summed E-state index contributed by atoms with van der Waals surface area (Å²) in [5.41, 5.74) is 1.47. The fraction of sp³-hybridized carbons (Fsp3) is 0.333. The van der Waals surface area contributed by atoms with Crippen LogP contribution in [0.25, 0.3) is 21.7 Å². The molecule has 2 aliphatic rings. The van der Waals surface area contributed by atoms with Crippen molar-refractivity contribution in [3.63, 3.8) is 0 Å². The first kappa shape index (κ1) is 19.9. The van der Waals surface area contributed by atoms with E-state index in [-0.39, 0.29) is 36.8 Å². The molecule has 142 valence electrons. The molecule has 1 aromatic heterocycles. The summed E-state index contributed by atoms with van der Waals surface area (Å²) in [7, 11) is 0. The molecule has 0 aliphatic carbocycles. The largest absolute Gasteiger partial charge is 0.349 e. The Morgan fingerprint density at radius 3 is 2.48 bits per heavy atom. The van der Waals surface area contributed by atoms with Crippen LogP contribution in [0, 0.1) is 0 Å². The number of aromatic nitrogens is 1. The van der Waals surface area contributed by atoms with Crippen molar-refractivity contribution in [1.29, 1.82) is 0 Å². The molecule has 2 aliphatic heterocycles. The number of nitrogens with one attached hydrogen (secondary N) is 2. The Kier molecular flexibility index (Phi) is 5.89. The van der Waals surface area contributed by atoms with Gasteiger partial charge in [-0.3, -0.25) is 9.78 Å². The van der Waals surface area contributed by atoms with E-state index in [0.717, 1.165) is 34.5 Å². The Balaban J connectivity index is 0.00000105. The van der Waals surface area contributed by atoms with E-state index in [2.05, 4.69) is 27.8 Å². The van der Waals surface area contributed by atoms with E-state index < -0.39 is 0 Å². The molecule has 1 amide bonds. The van der Waals surface area contributed by atoms with Crippen molar-refractivity contribution in [3.05, 3.63) is 54.2 Å². The molecule has 2 bridgehead atoms. The first-order chi connectivity index (χ1) is 12.3. The number of nitrogens with zero attached hydrogens (tertiary/aromatic N) is 1. The van der Waals surface area contributed by atoms with Gasteiger partial charge < -0.3 is 10.6 Å². The zero-order valence-electron chi connectivity index (χ0n) is 14.9. The van der Waals surface area contributed by atoms with Crippen molar-refractivity contribution in [2.24, 2.45) is 0 Å². The minimum atomic E-state index is 0. The second-order valence-electron chi connectivity index (χ2n) is 7.32. The number of carbonyl (C=O) groups is 1. The smallest absolute Gasteiger partial charge is 0.253 e. The van der Waals surface area contributed by atoms with Gasteiger partial charge in [-0.2, -0.15) is 0 Å². The molecule has 3 heterocycles. The van der Waals surface area contributed by atoms with Gasteiger partial charge in [0.05, 0.1) is 11.1 Å². The molecule has 2 N–H and O–H groups in total. The monoisotopic (exact) mass is 403 g/mol. The molecule has 2 aromatic carbocycles. The first-order valence-electron chi connectivity index (χ1n) is 9.11. The second-order valence-corrected chi connectivity index (χ2v) is 7.32. The van der Waals surface area contributed by atoms with Gasteiger partial charge in [-0.05, 0) is 48.6 Å². The standard InChI is InChI=1S/C21H21N3O.2ClH/c25-21(24-16-11-14-7-8-15(12-16)23-14)19-10-13-4-1-2-5-17(13)18-6-3-9-22-20(18)19;;/h1-6,9-10,14-16,23H,7-8,11-12H2,(H,24,25);2*1H. The third-order valence-electron chi connectivity index (χ3n) is 5.67. The van der Waals surface area contributed by atoms with E-state index in [1.54, 1.807) is 6.20 Å². The normalized spacial score (nSPS) is 23.5. The molecular weight excluding hydrogens is 381 g/mol. The quantitative estimate of drug-likeness (QED) is 0.628. The Morgan fingerprint density at radius 2 is 1.70 bits per heavy atom. The van der Waals surface area contributed by atoms with Crippen LogP contribution in [0.15, 0.2) is 48.7 Å². The maximum atomic E-state index is 13.0. The lowest BCUT2D eigenvalue weighted by Gasteiger charge is -2.29. The lowest BCUT2D eigenvalue weighted by molar-refractivity contribution is 0.0925. The lowest BCUT2D eigenvalue weighted by atomic mass is 9.97. The minimum absolute atomic E-state index is 0. The Bertz CT molecular complexity index is 966. The second kappa shape index (κ2) is 8.01. The number of hydrogen-bond acceptors (Lipinski definition) is 3. The number of pyridine rings is 1. The summed E-state index contributed by atoms with van der Waals surface area (Å²) >= 11 is 0. The average Bonchev–Trinajstić information content (AvgIpc) is 2.99. The van der Waals surface area contributed by atoms with Gasteiger partial charge in [0.25, 0.3) is 5.91 Å². The highest BCUT2D eigenvalue weighted by atomic mass is 35.5. The highest BCUT2D eigenvalue weighted by molar-refractivity contribution is 6.15. The molecule has 5 rings (SSSR count). The van der Waals surface area contributed by atoms with E-state index in [9.17, 15) is 4.79 Å². The maximum Gasteiger partial charge on any atom is 0.253 e. The third kappa shape index (κ3) is 3.62. The van der Waals surface area contributed by atoms with Crippen LogP contribution in [0.4, 0.5) is 0 Å². The molecule has 2 fully saturated rings. The molecule has 6 heteroatoms. The van der Waals surface area contributed by atoms with Gasteiger partial charge in [0.15, 0.2) is 0 Å². The van der Waals surface area contributed by atoms with Gasteiger partial charge in [-0.15, -0.1) is 24.8 Å². The van der Waals surface area contributed by atoms with Crippen LogP contribution >= 0.6 is 24.8 Å². The van der Waals surface area contributed by atoms with Gasteiger partial charge >= 0.3 is 0 Å². The van der Waals surface area contributed by atoms with Crippen molar-refractivity contribution in [3.8, 4) is 0 Å². The number of piperidine rings is 1. The van der Waals surface area contributed by atoms with Crippen molar-refractivity contribution < 1.29 is 4.79 Å². The summed E-state index contributed by atoms with van der Waals surface area (Å²) in [5, 5.41) is 10.2. The van der Waals surface area contributed by atoms with Crippen molar-refractivity contribution in [1.82, 2.24) is 15.6 Å². The van der Waals surface area contributed by atoms with Crippen LogP contribution in [0.3, 0.4) is 0 Å². The minimum Gasteiger partial charge on any atom is -0.349 e. The fourth-order valence-corrected chi connectivity index (χ4v) is 4.54. The summed E-state index contributed by atoms with van der Waals surface area (Å²) in [6.45, 7) is 0. The number of fused-ring (bicyclic) bond motifs is 5. The number of rotatable bonds is 2. The summed E-state index contributed by atoms with van der Waals surface area (Å²) in [6.07, 6.45) is 6.29. The lowest BCUT2D eigenvalue weighted by Crippen LogP contribution is -2.48. The van der Waals surface area contributed by atoms with Crippen molar-refractivity contribution >= 4 is 52.4 Å². The molecular formula is C21H23Cl2N3O. The van der Waals surface area contributed by atoms with Crippen LogP contribution in [-0.4, -0.2) is 29.0 Å². The van der Waals surface area contributed by atoms with E-state index in [4.69, 9.17) is 0 Å². The van der Waals surface area contributed by atoms with E-state index in [1.165, 1.54) is 12.8 Å². The van der Waals surface area contributed by atoms with Gasteiger partial charge in [0.1, 0.15) is 0 Å². The van der Waals surface area contributed by atoms with Gasteiger partial charge in [0.2, 0.25) is 0 Å². The summed E-state index contributed by atoms with van der Waals surface area (Å²) in [5.74, 6) is 0.000697. The summed E-state index contributed by atoms with van der Waals surface area (Å²) in [6, 6.07) is 15.5. The number of carbonyl (C=O) groups excluding carboxylic acids is 1. The maximum absolute atomic E-state index is 13.0. The van der Waals surface area contributed by atoms with E-state index >= 15 is 0 Å². The number of halogens is 2. The van der Waals surface area contributed by atoms with Gasteiger partial charge in [-0.25, -0.2) is 0 Å². The average molecular weight is 404 g/mol. The Morgan fingerprint density at radius 1 is 1.00 bits per heavy atom. The predicted octanol–water partition coefficient (Wildman–Crippen LogP) is 4.24. The molecule has 3 aromatic rings. The van der Waals surface area contributed by atoms with Gasteiger partial charge in [0, 0.05) is 29.7 Å². The van der Waals surface area contributed by atoms with Crippen LogP contribution in [0.2, 0.25) is 0 Å². The SMILES string of the molecule is Cl.Cl.O=C(NC1CC2CCC(C1)N2)c1cc2ccccc2c2cccnc12. The van der Waals surface area contributed by atoms with Crippen LogP contribution in [-0.2, 0) is 0 Å². The van der Waals surface area contributed by atoms with Crippen molar-refractivity contribution in [2.45, 2.75) is 43.8 Å². The summed E-state index contributed by atoms with van der Waals surface area (Å²) < 4.78 is 0. The molecule has 4 nitrogen and oxygen atoms in total. The van der Waals surface area contributed by atoms with E-state index in [1.807, 2.05) is 30.3 Å². The van der Waals surface area contributed by atoms with Crippen LogP contribution in [0.5, 0.6) is 0 Å². The molecule has 27 heavy (non-hydrogen) atoms. The highest BCUT2D eigenvalue weighted by Gasteiger charge is 2.34. The topological polar surface area (TPSA) is 54.0 Å². The van der Waals surface area contributed by atoms with Crippen LogP contribution < -0.4 is 10.6 Å². The number of hydrogen-bond donors (Lipinski definition) is 2. The highest BCUT2D eigenvalue weighted by Crippen LogP contribution is 2.29. The molecule has 0 spiro atoms. The van der Waals surface area contributed by atoms with Gasteiger partial charge in [-0.1, -0.05) is 30.3 Å². The molecule has 2 atom stereocenters. The fourth-order valence-electron chi connectivity index (χ4n) is 4.54. The predicted molar refractivity (Wildman–Crippen MR) is 114 cm³/mol. The first-order valence-corrected chi connectivity index (χ1v) is 9.11. The summed E-state index contributed by atoms with van der Waals surface area (Å²) in [4.78, 5) is 17.5. The third-order valence-corrected chi connectivity index (χ3v) is 5.67. The zero-order valence-corrected chi connectivity index (χ0v) is 16.5. The number of amides is 1. The molecule has 0 saturated carbocycles. The zero-order chi connectivity index (χ0) is 16.8.